The van der Waals surface area contributed by atoms with Crippen molar-refractivity contribution in [1.82, 2.24) is 5.32 Å². The van der Waals surface area contributed by atoms with Gasteiger partial charge in [0.05, 0.1) is 17.2 Å². The molecule has 0 bridgehead atoms. The minimum absolute atomic E-state index is 0.239. The molecule has 3 N–H and O–H groups in total. The van der Waals surface area contributed by atoms with Crippen molar-refractivity contribution in [2.24, 2.45) is 5.92 Å². The number of halogens is 1. The molecular formula is C13H15FN2O3. The van der Waals surface area contributed by atoms with Crippen molar-refractivity contribution in [3.63, 3.8) is 0 Å². The number of anilines is 1. The van der Waals surface area contributed by atoms with Gasteiger partial charge < -0.3 is 15.7 Å². The van der Waals surface area contributed by atoms with Gasteiger partial charge in [0.1, 0.15) is 5.82 Å². The van der Waals surface area contributed by atoms with Gasteiger partial charge in [-0.3, -0.25) is 4.79 Å². The fourth-order valence-electron chi connectivity index (χ4n) is 2.13. The van der Waals surface area contributed by atoms with Crippen molar-refractivity contribution in [3.05, 3.63) is 29.6 Å². The molecule has 0 saturated carbocycles. The summed E-state index contributed by atoms with van der Waals surface area (Å²) in [6, 6.07) is 3.69. The molecule has 1 aliphatic heterocycles. The van der Waals surface area contributed by atoms with Crippen LogP contribution in [0, 0.1) is 11.7 Å². The first-order valence-electron chi connectivity index (χ1n) is 6.13. The summed E-state index contributed by atoms with van der Waals surface area (Å²) in [6.07, 6.45) is 1.59. The van der Waals surface area contributed by atoms with Crippen LogP contribution >= 0.6 is 0 Å². The number of rotatable bonds is 3. The van der Waals surface area contributed by atoms with Crippen LogP contribution in [0.3, 0.4) is 0 Å². The van der Waals surface area contributed by atoms with Crippen LogP contribution in [0.15, 0.2) is 18.2 Å². The average Bonchev–Trinajstić information content (AvgIpc) is 2.41. The van der Waals surface area contributed by atoms with Gasteiger partial charge in [-0.15, -0.1) is 0 Å². The number of carbonyl (C=O) groups excluding carboxylic acids is 1. The Morgan fingerprint density at radius 2 is 2.21 bits per heavy atom. The van der Waals surface area contributed by atoms with Crippen LogP contribution in [0.2, 0.25) is 0 Å². The monoisotopic (exact) mass is 266 g/mol. The topological polar surface area (TPSA) is 78.4 Å². The normalized spacial score (nSPS) is 18.9. The van der Waals surface area contributed by atoms with Gasteiger partial charge in [-0.05, 0) is 31.5 Å². The van der Waals surface area contributed by atoms with Gasteiger partial charge in [0.2, 0.25) is 5.91 Å². The van der Waals surface area contributed by atoms with E-state index in [1.165, 1.54) is 12.1 Å². The summed E-state index contributed by atoms with van der Waals surface area (Å²) < 4.78 is 13.6. The van der Waals surface area contributed by atoms with E-state index in [0.717, 1.165) is 25.5 Å². The van der Waals surface area contributed by atoms with Crippen LogP contribution in [0.25, 0.3) is 0 Å². The molecule has 1 aromatic carbocycles. The number of para-hydroxylation sites is 1. The Balaban J connectivity index is 2.18. The highest BCUT2D eigenvalue weighted by Gasteiger charge is 2.23. The Bertz CT molecular complexity index is 499. The maximum Gasteiger partial charge on any atom is 0.337 e. The van der Waals surface area contributed by atoms with E-state index in [2.05, 4.69) is 10.6 Å². The quantitative estimate of drug-likeness (QED) is 0.774. The first-order valence-corrected chi connectivity index (χ1v) is 6.13. The van der Waals surface area contributed by atoms with Gasteiger partial charge >= 0.3 is 5.97 Å². The number of piperidine rings is 1. The summed E-state index contributed by atoms with van der Waals surface area (Å²) in [5, 5.41) is 14.5. The Morgan fingerprint density at radius 1 is 1.42 bits per heavy atom. The van der Waals surface area contributed by atoms with E-state index in [4.69, 9.17) is 5.11 Å². The molecule has 0 aromatic heterocycles. The van der Waals surface area contributed by atoms with Crippen molar-refractivity contribution in [3.8, 4) is 0 Å². The highest BCUT2D eigenvalue weighted by atomic mass is 19.1. The zero-order valence-corrected chi connectivity index (χ0v) is 10.3. The van der Waals surface area contributed by atoms with Crippen LogP contribution < -0.4 is 10.6 Å². The fraction of sp³-hybridized carbons (Fsp3) is 0.385. The summed E-state index contributed by atoms with van der Waals surface area (Å²) in [7, 11) is 0. The van der Waals surface area contributed by atoms with E-state index in [1.54, 1.807) is 0 Å². The molecule has 0 aliphatic carbocycles. The number of amides is 1. The Hall–Kier alpha value is -1.95. The van der Waals surface area contributed by atoms with Crippen molar-refractivity contribution < 1.29 is 19.1 Å². The lowest BCUT2D eigenvalue weighted by atomic mass is 9.98. The minimum Gasteiger partial charge on any atom is -0.478 e. The highest BCUT2D eigenvalue weighted by molar-refractivity contribution is 6.01. The second kappa shape index (κ2) is 5.79. The number of carboxylic acids is 1. The van der Waals surface area contributed by atoms with Crippen molar-refractivity contribution in [1.29, 1.82) is 0 Å². The molecule has 6 heteroatoms. The molecule has 19 heavy (non-hydrogen) atoms. The average molecular weight is 266 g/mol. The smallest absolute Gasteiger partial charge is 0.337 e. The molecule has 1 aromatic rings. The molecular weight excluding hydrogens is 251 g/mol. The Morgan fingerprint density at radius 3 is 2.84 bits per heavy atom. The van der Waals surface area contributed by atoms with Gasteiger partial charge in [-0.1, -0.05) is 6.07 Å². The molecule has 0 spiro atoms. The third-order valence-electron chi connectivity index (χ3n) is 3.16. The Kier molecular flexibility index (Phi) is 4.11. The molecule has 1 aliphatic rings. The van der Waals surface area contributed by atoms with E-state index in [-0.39, 0.29) is 23.1 Å². The van der Waals surface area contributed by atoms with Gasteiger partial charge in [0.25, 0.3) is 0 Å². The van der Waals surface area contributed by atoms with Gasteiger partial charge in [0.15, 0.2) is 0 Å². The molecule has 1 heterocycles. The molecule has 102 valence electrons. The van der Waals surface area contributed by atoms with Gasteiger partial charge in [-0.2, -0.15) is 0 Å². The molecule has 1 atom stereocenters. The third-order valence-corrected chi connectivity index (χ3v) is 3.16. The molecule has 5 nitrogen and oxygen atoms in total. The number of nitrogens with one attached hydrogen (secondary N) is 2. The zero-order valence-electron chi connectivity index (χ0n) is 10.3. The second-order valence-corrected chi connectivity index (χ2v) is 4.50. The third kappa shape index (κ3) is 3.08. The maximum atomic E-state index is 13.6. The number of carboxylic acid groups (broad SMARTS) is 1. The largest absolute Gasteiger partial charge is 0.478 e. The lowest BCUT2D eigenvalue weighted by molar-refractivity contribution is -0.120. The molecule has 2 rings (SSSR count). The minimum atomic E-state index is -1.27. The fourth-order valence-corrected chi connectivity index (χ4v) is 2.13. The number of aromatic carboxylic acids is 1. The predicted octanol–water partition coefficient (Wildman–Crippen LogP) is 1.46. The summed E-state index contributed by atoms with van der Waals surface area (Å²) >= 11 is 0. The predicted molar refractivity (Wildman–Crippen MR) is 67.6 cm³/mol. The number of hydrogen-bond donors (Lipinski definition) is 3. The number of carbonyl (C=O) groups is 2. The number of benzene rings is 1. The summed E-state index contributed by atoms with van der Waals surface area (Å²) in [6.45, 7) is 1.40. The lowest BCUT2D eigenvalue weighted by Crippen LogP contribution is -2.37. The summed E-state index contributed by atoms with van der Waals surface area (Å²) in [5.41, 5.74) is -0.498. The molecule has 1 amide bonds. The van der Waals surface area contributed by atoms with Crippen LogP contribution in [0.4, 0.5) is 10.1 Å². The zero-order chi connectivity index (χ0) is 13.8. The molecule has 1 unspecified atom stereocenters. The SMILES string of the molecule is O=C(O)c1cccc(F)c1NC(=O)C1CCCNC1. The van der Waals surface area contributed by atoms with Crippen LogP contribution in [-0.4, -0.2) is 30.1 Å². The highest BCUT2D eigenvalue weighted by Crippen LogP contribution is 2.21. The molecule has 1 fully saturated rings. The van der Waals surface area contributed by atoms with Crippen molar-refractivity contribution in [2.45, 2.75) is 12.8 Å². The standard InChI is InChI=1S/C13H15FN2O3/c14-10-5-1-4-9(13(18)19)11(10)16-12(17)8-3-2-6-15-7-8/h1,4-5,8,15H,2-3,6-7H2,(H,16,17)(H,18,19). The van der Waals surface area contributed by atoms with Gasteiger partial charge in [0, 0.05) is 6.54 Å². The Labute approximate surface area is 109 Å². The van der Waals surface area contributed by atoms with E-state index < -0.39 is 11.8 Å². The van der Waals surface area contributed by atoms with Crippen LogP contribution in [0.1, 0.15) is 23.2 Å². The van der Waals surface area contributed by atoms with E-state index in [0.29, 0.717) is 6.54 Å². The van der Waals surface area contributed by atoms with Crippen LogP contribution in [0.5, 0.6) is 0 Å². The first-order chi connectivity index (χ1) is 9.09. The second-order valence-electron chi connectivity index (χ2n) is 4.50. The van der Waals surface area contributed by atoms with Crippen LogP contribution in [-0.2, 0) is 4.79 Å². The van der Waals surface area contributed by atoms with E-state index in [1.807, 2.05) is 0 Å². The first kappa shape index (κ1) is 13.5. The van der Waals surface area contributed by atoms with E-state index in [9.17, 15) is 14.0 Å². The van der Waals surface area contributed by atoms with Gasteiger partial charge in [-0.25, -0.2) is 9.18 Å². The summed E-state index contributed by atoms with van der Waals surface area (Å²) in [5.74, 6) is -2.61. The van der Waals surface area contributed by atoms with Crippen molar-refractivity contribution >= 4 is 17.6 Å². The maximum absolute atomic E-state index is 13.6. The molecule has 1 saturated heterocycles. The molecule has 0 radical (unpaired) electrons. The summed E-state index contributed by atoms with van der Waals surface area (Å²) in [4.78, 5) is 23.0. The number of hydrogen-bond acceptors (Lipinski definition) is 3. The van der Waals surface area contributed by atoms with Crippen molar-refractivity contribution in [2.75, 3.05) is 18.4 Å². The van der Waals surface area contributed by atoms with E-state index >= 15 is 0 Å². The lowest BCUT2D eigenvalue weighted by Gasteiger charge is -2.22.